The van der Waals surface area contributed by atoms with Gasteiger partial charge >= 0.3 is 0 Å². The summed E-state index contributed by atoms with van der Waals surface area (Å²) in [5.41, 5.74) is 4.83. The van der Waals surface area contributed by atoms with Crippen molar-refractivity contribution in [3.05, 3.63) is 11.9 Å². The van der Waals surface area contributed by atoms with Crippen LogP contribution in [0.5, 0.6) is 0 Å². The quantitative estimate of drug-likeness (QED) is 0.705. The number of nitrogens with two attached hydrogens (primary N) is 1. The second kappa shape index (κ2) is 4.52. The van der Waals surface area contributed by atoms with Crippen LogP contribution in [0.3, 0.4) is 0 Å². The molecule has 1 saturated heterocycles. The van der Waals surface area contributed by atoms with Crippen LogP contribution in [-0.2, 0) is 9.53 Å². The van der Waals surface area contributed by atoms with Gasteiger partial charge < -0.3 is 15.6 Å². The van der Waals surface area contributed by atoms with E-state index in [1.807, 2.05) is 0 Å². The van der Waals surface area contributed by atoms with E-state index in [1.165, 1.54) is 11.8 Å². The smallest absolute Gasteiger partial charge is 0.257 e. The van der Waals surface area contributed by atoms with Gasteiger partial charge in [0, 0.05) is 5.75 Å². The Bertz CT molecular complexity index is 372. The number of halogens is 1. The molecule has 3 unspecified atom stereocenters. The lowest BCUT2D eigenvalue weighted by atomic mass is 10.00. The maximum absolute atomic E-state index is 13.2. The molecule has 0 aromatic heterocycles. The molecule has 0 bridgehead atoms. The highest BCUT2D eigenvalue weighted by Gasteiger charge is 2.37. The van der Waals surface area contributed by atoms with E-state index >= 15 is 0 Å². The Morgan fingerprint density at radius 3 is 3.12 bits per heavy atom. The second-order valence-corrected chi connectivity index (χ2v) is 4.69. The molecule has 1 amide bonds. The molecule has 3 N–H and O–H groups in total. The van der Waals surface area contributed by atoms with Gasteiger partial charge in [-0.3, -0.25) is 4.79 Å². The third-order valence-corrected chi connectivity index (χ3v) is 3.56. The number of amides is 1. The van der Waals surface area contributed by atoms with Crippen LogP contribution < -0.4 is 5.73 Å². The van der Waals surface area contributed by atoms with Crippen molar-refractivity contribution in [2.24, 2.45) is 16.6 Å². The van der Waals surface area contributed by atoms with Crippen LogP contribution in [0.15, 0.2) is 16.9 Å². The summed E-state index contributed by atoms with van der Waals surface area (Å²) in [7, 11) is 0. The maximum Gasteiger partial charge on any atom is 0.257 e. The van der Waals surface area contributed by atoms with Crippen molar-refractivity contribution in [2.75, 3.05) is 12.4 Å². The molecule has 1 fully saturated rings. The zero-order chi connectivity index (χ0) is 11.7. The molecule has 0 aliphatic carbocycles. The zero-order valence-corrected chi connectivity index (χ0v) is 9.11. The minimum absolute atomic E-state index is 0.125. The summed E-state index contributed by atoms with van der Waals surface area (Å²) in [4.78, 5) is 14.9. The Hall–Kier alpha value is -0.920. The average molecular weight is 246 g/mol. The molecule has 5 nitrogen and oxygen atoms in total. The van der Waals surface area contributed by atoms with E-state index < -0.39 is 23.8 Å². The van der Waals surface area contributed by atoms with Crippen molar-refractivity contribution in [2.45, 2.75) is 11.5 Å². The molecular formula is C9H11FN2O3S. The SMILES string of the molecule is NC1=NC(=O)C(C2CSC(CO)O2)C=C1F. The Labute approximate surface area is 95.6 Å². The Balaban J connectivity index is 2.09. The van der Waals surface area contributed by atoms with Crippen LogP contribution in [0.2, 0.25) is 0 Å². The summed E-state index contributed by atoms with van der Waals surface area (Å²) in [5, 5.41) is 8.87. The first-order valence-electron chi connectivity index (χ1n) is 4.75. The molecule has 7 heteroatoms. The Kier molecular flexibility index (Phi) is 3.27. The lowest BCUT2D eigenvalue weighted by Crippen LogP contribution is -2.33. The van der Waals surface area contributed by atoms with Crippen molar-refractivity contribution in [3.63, 3.8) is 0 Å². The third-order valence-electron chi connectivity index (χ3n) is 2.41. The van der Waals surface area contributed by atoms with Crippen molar-refractivity contribution >= 4 is 23.5 Å². The van der Waals surface area contributed by atoms with Gasteiger partial charge in [0.25, 0.3) is 5.91 Å². The van der Waals surface area contributed by atoms with Crippen LogP contribution in [0.25, 0.3) is 0 Å². The number of aliphatic hydroxyl groups is 1. The molecule has 0 radical (unpaired) electrons. The zero-order valence-electron chi connectivity index (χ0n) is 8.30. The van der Waals surface area contributed by atoms with Gasteiger partial charge in [0.2, 0.25) is 0 Å². The fourth-order valence-electron chi connectivity index (χ4n) is 1.59. The van der Waals surface area contributed by atoms with Gasteiger partial charge in [0.15, 0.2) is 11.7 Å². The minimum atomic E-state index is -0.739. The fourth-order valence-corrected chi connectivity index (χ4v) is 2.60. The lowest BCUT2D eigenvalue weighted by molar-refractivity contribution is -0.124. The molecule has 0 spiro atoms. The minimum Gasteiger partial charge on any atom is -0.393 e. The molecule has 2 aliphatic rings. The number of aliphatic imine (C=N–C) groups is 1. The number of nitrogens with zero attached hydrogens (tertiary/aromatic N) is 1. The second-order valence-electron chi connectivity index (χ2n) is 3.50. The molecule has 2 aliphatic heterocycles. The number of rotatable bonds is 2. The summed E-state index contributed by atoms with van der Waals surface area (Å²) >= 11 is 1.39. The number of hydrogen-bond acceptors (Lipinski definition) is 5. The van der Waals surface area contributed by atoms with Crippen molar-refractivity contribution in [1.29, 1.82) is 0 Å². The van der Waals surface area contributed by atoms with Gasteiger partial charge in [0.1, 0.15) is 5.44 Å². The molecule has 2 heterocycles. The number of amidine groups is 1. The number of aliphatic hydroxyl groups excluding tert-OH is 1. The summed E-state index contributed by atoms with van der Waals surface area (Å²) in [6.45, 7) is -0.125. The first-order valence-corrected chi connectivity index (χ1v) is 5.80. The van der Waals surface area contributed by atoms with E-state index in [1.54, 1.807) is 0 Å². The van der Waals surface area contributed by atoms with Crippen LogP contribution in [0.4, 0.5) is 4.39 Å². The largest absolute Gasteiger partial charge is 0.393 e. The number of dihydropyridines is 1. The van der Waals surface area contributed by atoms with E-state index in [0.29, 0.717) is 5.75 Å². The Morgan fingerprint density at radius 1 is 1.75 bits per heavy atom. The molecule has 2 rings (SSSR count). The van der Waals surface area contributed by atoms with Crippen molar-refractivity contribution in [1.82, 2.24) is 0 Å². The third kappa shape index (κ3) is 2.11. The van der Waals surface area contributed by atoms with Crippen LogP contribution in [0.1, 0.15) is 0 Å². The number of ether oxygens (including phenoxy) is 1. The molecule has 0 saturated carbocycles. The number of carbonyl (C=O) groups is 1. The van der Waals surface area contributed by atoms with Gasteiger partial charge in [-0.05, 0) is 6.08 Å². The van der Waals surface area contributed by atoms with E-state index in [0.717, 1.165) is 6.08 Å². The van der Waals surface area contributed by atoms with Gasteiger partial charge in [0.05, 0.1) is 18.6 Å². The molecule has 0 aromatic rings. The van der Waals surface area contributed by atoms with Crippen molar-refractivity contribution < 1.29 is 19.0 Å². The van der Waals surface area contributed by atoms with E-state index in [4.69, 9.17) is 15.6 Å². The van der Waals surface area contributed by atoms with Crippen LogP contribution >= 0.6 is 11.8 Å². The lowest BCUT2D eigenvalue weighted by Gasteiger charge is -2.19. The molecule has 88 valence electrons. The fraction of sp³-hybridized carbons (Fsp3) is 0.556. The van der Waals surface area contributed by atoms with E-state index in [-0.39, 0.29) is 17.9 Å². The highest BCUT2D eigenvalue weighted by atomic mass is 32.2. The summed E-state index contributed by atoms with van der Waals surface area (Å²) < 4.78 is 18.5. The van der Waals surface area contributed by atoms with Gasteiger partial charge in [-0.25, -0.2) is 4.39 Å². The van der Waals surface area contributed by atoms with Gasteiger partial charge in [-0.15, -0.1) is 11.8 Å². The van der Waals surface area contributed by atoms with Gasteiger partial charge in [-0.1, -0.05) is 0 Å². The maximum atomic E-state index is 13.2. The molecule has 0 aromatic carbocycles. The topological polar surface area (TPSA) is 84.9 Å². The average Bonchev–Trinajstić information content (AvgIpc) is 2.71. The molecule has 16 heavy (non-hydrogen) atoms. The predicted octanol–water partition coefficient (Wildman–Crippen LogP) is -0.196. The van der Waals surface area contributed by atoms with E-state index in [2.05, 4.69) is 4.99 Å². The van der Waals surface area contributed by atoms with E-state index in [9.17, 15) is 9.18 Å². The summed E-state index contributed by atoms with van der Waals surface area (Å²) in [6.07, 6.45) is 0.688. The first-order chi connectivity index (χ1) is 7.61. The number of carbonyl (C=O) groups excluding carboxylic acids is 1. The highest BCUT2D eigenvalue weighted by Crippen LogP contribution is 2.31. The standard InChI is InChI=1S/C9H11FN2O3S/c10-5-1-4(9(14)12-8(5)11)6-3-16-7(2-13)15-6/h1,4,6-7,13H,2-3H2,(H2,11,12,14). The number of thioether (sulfide) groups is 1. The normalized spacial score (nSPS) is 34.9. The first kappa shape index (κ1) is 11.6. The highest BCUT2D eigenvalue weighted by molar-refractivity contribution is 8.00. The van der Waals surface area contributed by atoms with Crippen molar-refractivity contribution in [3.8, 4) is 0 Å². The molecular weight excluding hydrogens is 235 g/mol. The number of hydrogen-bond donors (Lipinski definition) is 2. The molecule has 3 atom stereocenters. The van der Waals surface area contributed by atoms with Crippen LogP contribution in [0, 0.1) is 5.92 Å². The predicted molar refractivity (Wildman–Crippen MR) is 57.5 cm³/mol. The van der Waals surface area contributed by atoms with Crippen LogP contribution in [-0.4, -0.2) is 40.7 Å². The Morgan fingerprint density at radius 2 is 2.50 bits per heavy atom. The van der Waals surface area contributed by atoms with Gasteiger partial charge in [-0.2, -0.15) is 4.99 Å². The summed E-state index contributed by atoms with van der Waals surface area (Å²) in [5.74, 6) is -1.78. The monoisotopic (exact) mass is 246 g/mol. The summed E-state index contributed by atoms with van der Waals surface area (Å²) in [6, 6.07) is 0.